The minimum atomic E-state index is -0.555. The molecule has 3 heterocycles. The first kappa shape index (κ1) is 11.1. The van der Waals surface area contributed by atoms with Gasteiger partial charge in [0.1, 0.15) is 6.33 Å². The predicted molar refractivity (Wildman–Crippen MR) is 62.0 cm³/mol. The molecule has 0 aliphatic carbocycles. The molecule has 2 aromatic rings. The van der Waals surface area contributed by atoms with Crippen molar-refractivity contribution in [2.75, 3.05) is 13.7 Å². The molecule has 94 valence electrons. The molecule has 7 heteroatoms. The summed E-state index contributed by atoms with van der Waals surface area (Å²) in [7, 11) is 1.54. The topological polar surface area (TPSA) is 82.3 Å². The summed E-state index contributed by atoms with van der Waals surface area (Å²) >= 11 is 0. The smallest absolute Gasteiger partial charge is 0.245 e. The van der Waals surface area contributed by atoms with E-state index in [1.54, 1.807) is 23.0 Å². The van der Waals surface area contributed by atoms with E-state index in [0.29, 0.717) is 17.0 Å². The molecule has 18 heavy (non-hydrogen) atoms. The van der Waals surface area contributed by atoms with Gasteiger partial charge in [-0.25, -0.2) is 9.97 Å². The fraction of sp³-hybridized carbons (Fsp3) is 0.364. The maximum Gasteiger partial charge on any atom is 0.245 e. The quantitative estimate of drug-likeness (QED) is 0.769. The lowest BCUT2D eigenvalue weighted by molar-refractivity contribution is -0.0165. The molecule has 0 radical (unpaired) electrons. The normalized spacial score (nSPS) is 23.4. The number of nitrogens with zero attached hydrogens (tertiary/aromatic N) is 4. The molecule has 1 N–H and O–H groups in total. The molecule has 2 atom stereocenters. The largest absolute Gasteiger partial charge is 0.479 e. The average molecular weight is 248 g/mol. The Morgan fingerprint density at radius 2 is 2.28 bits per heavy atom. The molecule has 1 aliphatic heterocycles. The van der Waals surface area contributed by atoms with Crippen molar-refractivity contribution in [1.82, 2.24) is 19.5 Å². The van der Waals surface area contributed by atoms with Crippen LogP contribution in [0.2, 0.25) is 0 Å². The van der Waals surface area contributed by atoms with Gasteiger partial charge in [-0.2, -0.15) is 4.98 Å². The summed E-state index contributed by atoms with van der Waals surface area (Å²) in [5.74, 6) is 0.429. The Morgan fingerprint density at radius 3 is 3.00 bits per heavy atom. The fourth-order valence-electron chi connectivity index (χ4n) is 1.87. The van der Waals surface area contributed by atoms with Gasteiger partial charge in [0, 0.05) is 0 Å². The van der Waals surface area contributed by atoms with Crippen molar-refractivity contribution in [3.05, 3.63) is 24.8 Å². The van der Waals surface area contributed by atoms with Gasteiger partial charge < -0.3 is 14.6 Å². The van der Waals surface area contributed by atoms with Crippen LogP contribution < -0.4 is 4.74 Å². The van der Waals surface area contributed by atoms with E-state index in [9.17, 15) is 5.11 Å². The number of aliphatic hydroxyl groups excluding tert-OH is 1. The lowest BCUT2D eigenvalue weighted by atomic mass is 10.3. The third-order valence-corrected chi connectivity index (χ3v) is 2.73. The number of hydrogen-bond acceptors (Lipinski definition) is 6. The molecule has 0 spiro atoms. The van der Waals surface area contributed by atoms with Crippen LogP contribution >= 0.6 is 0 Å². The number of ether oxygens (including phenoxy) is 2. The second-order valence-corrected chi connectivity index (χ2v) is 3.88. The average Bonchev–Trinajstić information content (AvgIpc) is 2.83. The van der Waals surface area contributed by atoms with Crippen LogP contribution in [0, 0.1) is 0 Å². The molecule has 0 aromatic carbocycles. The van der Waals surface area contributed by atoms with Crippen LogP contribution in [0.1, 0.15) is 6.23 Å². The summed E-state index contributed by atoms with van der Waals surface area (Å²) < 4.78 is 12.4. The third-order valence-electron chi connectivity index (χ3n) is 2.73. The van der Waals surface area contributed by atoms with Gasteiger partial charge in [0.25, 0.3) is 0 Å². The number of hydrogen-bond donors (Lipinski definition) is 1. The van der Waals surface area contributed by atoms with Gasteiger partial charge in [0.2, 0.25) is 5.88 Å². The van der Waals surface area contributed by atoms with Crippen LogP contribution in [0.3, 0.4) is 0 Å². The zero-order valence-electron chi connectivity index (χ0n) is 9.72. The van der Waals surface area contributed by atoms with Crippen LogP contribution in [0.5, 0.6) is 5.88 Å². The molecule has 0 fully saturated rings. The van der Waals surface area contributed by atoms with Gasteiger partial charge >= 0.3 is 0 Å². The minimum absolute atomic E-state index is 0.253. The van der Waals surface area contributed by atoms with Crippen LogP contribution in [0.15, 0.2) is 24.8 Å². The van der Waals surface area contributed by atoms with E-state index in [2.05, 4.69) is 15.0 Å². The Hall–Kier alpha value is -1.99. The first-order chi connectivity index (χ1) is 8.79. The van der Waals surface area contributed by atoms with E-state index < -0.39 is 6.10 Å². The van der Waals surface area contributed by atoms with Crippen molar-refractivity contribution >= 4 is 11.2 Å². The highest BCUT2D eigenvalue weighted by molar-refractivity contribution is 5.76. The van der Waals surface area contributed by atoms with Crippen molar-refractivity contribution in [2.45, 2.75) is 12.3 Å². The SMILES string of the molecule is COc1ncnc2c1ncn2[C@@H]1C=C[C@H](O)CO1. The highest BCUT2D eigenvalue weighted by atomic mass is 16.5. The van der Waals surface area contributed by atoms with E-state index in [0.717, 1.165) is 0 Å². The number of aromatic nitrogens is 4. The van der Waals surface area contributed by atoms with Gasteiger partial charge in [-0.05, 0) is 6.08 Å². The van der Waals surface area contributed by atoms with Crippen LogP contribution in [0.4, 0.5) is 0 Å². The van der Waals surface area contributed by atoms with Gasteiger partial charge in [0.15, 0.2) is 17.4 Å². The Morgan fingerprint density at radius 1 is 1.39 bits per heavy atom. The van der Waals surface area contributed by atoms with Gasteiger partial charge in [-0.1, -0.05) is 6.08 Å². The highest BCUT2D eigenvalue weighted by Gasteiger charge is 2.19. The number of imidazole rings is 1. The monoisotopic (exact) mass is 248 g/mol. The molecule has 0 unspecified atom stereocenters. The first-order valence-electron chi connectivity index (χ1n) is 5.49. The molecule has 1 aliphatic rings. The van der Waals surface area contributed by atoms with Gasteiger partial charge in [-0.15, -0.1) is 0 Å². The van der Waals surface area contributed by atoms with Crippen molar-refractivity contribution < 1.29 is 14.6 Å². The fourth-order valence-corrected chi connectivity index (χ4v) is 1.87. The standard InChI is InChI=1S/C11H12N4O3/c1-17-11-9-10(12-5-13-11)15(6-14-9)8-3-2-7(16)4-18-8/h2-3,5-8,16H,4H2,1H3/t7-,8-/m0/s1. The van der Waals surface area contributed by atoms with Gasteiger partial charge in [-0.3, -0.25) is 4.57 Å². The van der Waals surface area contributed by atoms with E-state index in [1.807, 2.05) is 0 Å². The Labute approximate surface area is 103 Å². The predicted octanol–water partition coefficient (Wildman–Crippen LogP) is 0.281. The molecular formula is C11H12N4O3. The second-order valence-electron chi connectivity index (χ2n) is 3.88. The summed E-state index contributed by atoms with van der Waals surface area (Å²) in [4.78, 5) is 12.4. The molecule has 0 bridgehead atoms. The van der Waals surface area contributed by atoms with E-state index >= 15 is 0 Å². The zero-order valence-corrected chi connectivity index (χ0v) is 9.72. The number of methoxy groups -OCH3 is 1. The van der Waals surface area contributed by atoms with Crippen LogP contribution in [0.25, 0.3) is 11.2 Å². The Balaban J connectivity index is 2.05. The Kier molecular flexibility index (Phi) is 2.69. The lowest BCUT2D eigenvalue weighted by Gasteiger charge is -2.21. The molecular weight excluding hydrogens is 236 g/mol. The van der Waals surface area contributed by atoms with Crippen molar-refractivity contribution in [1.29, 1.82) is 0 Å². The van der Waals surface area contributed by atoms with Crippen molar-refractivity contribution in [3.8, 4) is 5.88 Å². The highest BCUT2D eigenvalue weighted by Crippen LogP contribution is 2.24. The molecule has 2 aromatic heterocycles. The summed E-state index contributed by atoms with van der Waals surface area (Å²) in [5, 5.41) is 9.34. The van der Waals surface area contributed by atoms with E-state index in [1.165, 1.54) is 13.4 Å². The lowest BCUT2D eigenvalue weighted by Crippen LogP contribution is -2.22. The number of rotatable bonds is 2. The van der Waals surface area contributed by atoms with E-state index in [4.69, 9.17) is 9.47 Å². The number of fused-ring (bicyclic) bond motifs is 1. The zero-order chi connectivity index (χ0) is 12.5. The molecule has 0 saturated carbocycles. The van der Waals surface area contributed by atoms with Crippen molar-refractivity contribution in [2.24, 2.45) is 0 Å². The summed E-state index contributed by atoms with van der Waals surface area (Å²) in [6.45, 7) is 0.253. The first-order valence-corrected chi connectivity index (χ1v) is 5.49. The molecule has 3 rings (SSSR count). The molecule has 0 saturated heterocycles. The van der Waals surface area contributed by atoms with Crippen molar-refractivity contribution in [3.63, 3.8) is 0 Å². The number of aliphatic hydroxyl groups is 1. The third kappa shape index (κ3) is 1.73. The van der Waals surface area contributed by atoms with E-state index in [-0.39, 0.29) is 12.8 Å². The maximum atomic E-state index is 9.34. The minimum Gasteiger partial charge on any atom is -0.479 e. The molecule has 0 amide bonds. The Bertz CT molecular complexity index is 595. The summed E-state index contributed by atoms with van der Waals surface area (Å²) in [6, 6.07) is 0. The van der Waals surface area contributed by atoms with Crippen LogP contribution in [-0.4, -0.2) is 44.4 Å². The van der Waals surface area contributed by atoms with Crippen LogP contribution in [-0.2, 0) is 4.74 Å². The maximum absolute atomic E-state index is 9.34. The second kappa shape index (κ2) is 4.35. The summed E-state index contributed by atoms with van der Waals surface area (Å²) in [5.41, 5.74) is 1.22. The van der Waals surface area contributed by atoms with Gasteiger partial charge in [0.05, 0.1) is 26.1 Å². The molecule has 7 nitrogen and oxygen atoms in total. The summed E-state index contributed by atoms with van der Waals surface area (Å²) in [6.07, 6.45) is 5.62.